The van der Waals surface area contributed by atoms with E-state index in [9.17, 15) is 5.11 Å². The Hall–Kier alpha value is -0.300. The van der Waals surface area contributed by atoms with E-state index in [1.54, 1.807) is 0 Å². The summed E-state index contributed by atoms with van der Waals surface area (Å²) < 4.78 is 0. The van der Waals surface area contributed by atoms with Crippen LogP contribution in [-0.4, -0.2) is 11.2 Å². The first kappa shape index (κ1) is 21.9. The third kappa shape index (κ3) is 3.77. The smallest absolute Gasteiger partial charge is 0.0543 e. The van der Waals surface area contributed by atoms with Crippen molar-refractivity contribution in [3.05, 3.63) is 11.1 Å². The van der Waals surface area contributed by atoms with Crippen molar-refractivity contribution in [1.29, 1.82) is 0 Å². The van der Waals surface area contributed by atoms with Crippen molar-refractivity contribution in [2.24, 2.45) is 40.4 Å². The lowest BCUT2D eigenvalue weighted by atomic mass is 9.50. The summed E-state index contributed by atoms with van der Waals surface area (Å²) >= 11 is 0. The Morgan fingerprint density at radius 1 is 1.00 bits per heavy atom. The molecule has 4 rings (SSSR count). The van der Waals surface area contributed by atoms with Crippen LogP contribution >= 0.6 is 0 Å². The van der Waals surface area contributed by atoms with Crippen LogP contribution in [-0.2, 0) is 0 Å². The molecule has 0 aromatic heterocycles. The van der Waals surface area contributed by atoms with Crippen LogP contribution in [0.5, 0.6) is 0 Å². The maximum atomic E-state index is 10.3. The molecular weight excluding hydrogens is 352 g/mol. The highest BCUT2D eigenvalue weighted by atomic mass is 16.3. The van der Waals surface area contributed by atoms with Gasteiger partial charge in [0.2, 0.25) is 0 Å². The first-order valence-corrected chi connectivity index (χ1v) is 13.2. The summed E-state index contributed by atoms with van der Waals surface area (Å²) in [5, 5.41) is 10.3. The predicted octanol–water partition coefficient (Wildman–Crippen LogP) is 7.92. The number of rotatable bonds is 6. The van der Waals surface area contributed by atoms with E-state index in [2.05, 4.69) is 34.6 Å². The quantitative estimate of drug-likeness (QED) is 0.449. The van der Waals surface area contributed by atoms with E-state index in [0.29, 0.717) is 10.8 Å². The van der Waals surface area contributed by atoms with Crippen LogP contribution < -0.4 is 0 Å². The van der Waals surface area contributed by atoms with Crippen molar-refractivity contribution in [2.75, 3.05) is 0 Å². The third-order valence-corrected chi connectivity index (χ3v) is 10.8. The highest BCUT2D eigenvalue weighted by Crippen LogP contribution is 2.66. The fourth-order valence-electron chi connectivity index (χ4n) is 8.61. The van der Waals surface area contributed by atoms with E-state index in [1.807, 2.05) is 11.1 Å². The van der Waals surface area contributed by atoms with Gasteiger partial charge in [0, 0.05) is 0 Å². The predicted molar refractivity (Wildman–Crippen MR) is 124 cm³/mol. The van der Waals surface area contributed by atoms with E-state index >= 15 is 0 Å². The molecule has 4 aliphatic rings. The van der Waals surface area contributed by atoms with Gasteiger partial charge in [-0.2, -0.15) is 0 Å². The van der Waals surface area contributed by atoms with Crippen LogP contribution in [0.1, 0.15) is 118 Å². The topological polar surface area (TPSA) is 20.2 Å². The lowest BCUT2D eigenvalue weighted by Gasteiger charge is -2.55. The minimum absolute atomic E-state index is 0.0313. The van der Waals surface area contributed by atoms with Gasteiger partial charge in [-0.15, -0.1) is 0 Å². The fraction of sp³-hybridized carbons (Fsp3) is 0.929. The molecule has 8 atom stereocenters. The van der Waals surface area contributed by atoms with E-state index in [0.717, 1.165) is 42.4 Å². The second-order valence-electron chi connectivity index (χ2n) is 12.2. The molecule has 1 N–H and O–H groups in total. The number of hydrogen-bond acceptors (Lipinski definition) is 1. The molecule has 1 unspecified atom stereocenters. The highest BCUT2D eigenvalue weighted by molar-refractivity contribution is 5.34. The monoisotopic (exact) mass is 400 g/mol. The summed E-state index contributed by atoms with van der Waals surface area (Å²) in [4.78, 5) is 0. The van der Waals surface area contributed by atoms with Gasteiger partial charge in [0.15, 0.2) is 0 Å². The van der Waals surface area contributed by atoms with Gasteiger partial charge in [-0.25, -0.2) is 0 Å². The molecule has 0 bridgehead atoms. The van der Waals surface area contributed by atoms with Crippen LogP contribution in [0.25, 0.3) is 0 Å². The zero-order chi connectivity index (χ0) is 20.8. The first-order chi connectivity index (χ1) is 13.8. The molecule has 2 saturated carbocycles. The van der Waals surface area contributed by atoms with E-state index in [-0.39, 0.29) is 6.10 Å². The summed E-state index contributed by atoms with van der Waals surface area (Å²) in [5.41, 5.74) is 4.77. The number of aliphatic hydroxyl groups is 1. The molecule has 2 fully saturated rings. The Bertz CT molecular complexity index is 620. The van der Waals surface area contributed by atoms with Crippen molar-refractivity contribution in [2.45, 2.75) is 124 Å². The molecule has 166 valence electrons. The van der Waals surface area contributed by atoms with Crippen molar-refractivity contribution < 1.29 is 5.11 Å². The maximum Gasteiger partial charge on any atom is 0.0543 e. The number of hydrogen-bond donors (Lipinski definition) is 1. The molecule has 0 aliphatic heterocycles. The Morgan fingerprint density at radius 2 is 1.79 bits per heavy atom. The van der Waals surface area contributed by atoms with Crippen molar-refractivity contribution in [3.63, 3.8) is 0 Å². The van der Waals surface area contributed by atoms with Crippen LogP contribution in [0.4, 0.5) is 0 Å². The summed E-state index contributed by atoms with van der Waals surface area (Å²) in [6.07, 6.45) is 17.3. The molecule has 0 saturated heterocycles. The second-order valence-corrected chi connectivity index (χ2v) is 12.2. The average molecular weight is 401 g/mol. The molecular formula is C28H48O. The molecule has 29 heavy (non-hydrogen) atoms. The Labute approximate surface area is 181 Å². The van der Waals surface area contributed by atoms with Crippen molar-refractivity contribution in [1.82, 2.24) is 0 Å². The largest absolute Gasteiger partial charge is 0.393 e. The molecule has 0 aromatic carbocycles. The molecule has 0 aromatic rings. The van der Waals surface area contributed by atoms with Crippen molar-refractivity contribution >= 4 is 0 Å². The van der Waals surface area contributed by atoms with Gasteiger partial charge in [0.1, 0.15) is 0 Å². The first-order valence-electron chi connectivity index (χ1n) is 13.2. The van der Waals surface area contributed by atoms with Crippen molar-refractivity contribution in [3.8, 4) is 0 Å². The minimum atomic E-state index is -0.0313. The zero-order valence-electron chi connectivity index (χ0n) is 20.1. The van der Waals surface area contributed by atoms with Gasteiger partial charge in [-0.05, 0) is 98.2 Å². The van der Waals surface area contributed by atoms with Gasteiger partial charge in [0.05, 0.1) is 6.10 Å². The summed E-state index contributed by atoms with van der Waals surface area (Å²) in [6, 6.07) is 0. The summed E-state index contributed by atoms with van der Waals surface area (Å²) in [5.74, 6) is 4.36. The Kier molecular flexibility index (Phi) is 6.29. The minimum Gasteiger partial charge on any atom is -0.393 e. The molecule has 0 heterocycles. The van der Waals surface area contributed by atoms with Gasteiger partial charge in [-0.3, -0.25) is 0 Å². The summed E-state index contributed by atoms with van der Waals surface area (Å²) in [7, 11) is 0. The van der Waals surface area contributed by atoms with Gasteiger partial charge < -0.3 is 5.11 Å². The fourth-order valence-corrected chi connectivity index (χ4v) is 8.61. The Balaban J connectivity index is 1.49. The maximum absolute atomic E-state index is 10.3. The van der Waals surface area contributed by atoms with Gasteiger partial charge in [0.25, 0.3) is 0 Å². The highest BCUT2D eigenvalue weighted by Gasteiger charge is 2.55. The molecule has 1 nitrogen and oxygen atoms in total. The average Bonchev–Trinajstić information content (AvgIpc) is 3.05. The van der Waals surface area contributed by atoms with Crippen LogP contribution in [0.2, 0.25) is 0 Å². The van der Waals surface area contributed by atoms with Crippen LogP contribution in [0.15, 0.2) is 11.1 Å². The van der Waals surface area contributed by atoms with Gasteiger partial charge >= 0.3 is 0 Å². The molecule has 4 aliphatic carbocycles. The number of allylic oxidation sites excluding steroid dienone is 2. The van der Waals surface area contributed by atoms with E-state index < -0.39 is 0 Å². The normalized spacial score (nSPS) is 44.1. The SMILES string of the molecule is CCC(C)CCC[C@@H](C)[C@H]1CC[C@H]2C3=C(CC[C@]12C)[C@@]1(C)CC[C@H](O)C[C@@H]1CC3. The Morgan fingerprint density at radius 3 is 2.55 bits per heavy atom. The molecule has 0 radical (unpaired) electrons. The van der Waals surface area contributed by atoms with E-state index in [4.69, 9.17) is 0 Å². The number of fused-ring (bicyclic) bond motifs is 4. The number of aliphatic hydroxyl groups excluding tert-OH is 1. The van der Waals surface area contributed by atoms with E-state index in [1.165, 1.54) is 70.6 Å². The van der Waals surface area contributed by atoms with Gasteiger partial charge in [-0.1, -0.05) is 71.4 Å². The van der Waals surface area contributed by atoms with Crippen LogP contribution in [0, 0.1) is 40.4 Å². The standard InChI is InChI=1S/C28H48O/c1-6-19(2)8-7-9-20(3)24-12-13-25-23-11-10-21-18-22(29)14-16-27(21,4)26(23)15-17-28(24,25)5/h19-22,24-25,29H,6-18H2,1-5H3/t19?,20-,21+,22+,24-,25+,27+,28-/m1/s1. The molecule has 0 spiro atoms. The van der Waals surface area contributed by atoms with Crippen LogP contribution in [0.3, 0.4) is 0 Å². The molecule has 0 amide bonds. The zero-order valence-corrected chi connectivity index (χ0v) is 20.1. The summed E-state index contributed by atoms with van der Waals surface area (Å²) in [6.45, 7) is 12.6. The molecule has 1 heteroatoms. The lowest BCUT2D eigenvalue weighted by Crippen LogP contribution is -2.45. The lowest BCUT2D eigenvalue weighted by molar-refractivity contribution is 0.0132. The third-order valence-electron chi connectivity index (χ3n) is 10.8. The second kappa shape index (κ2) is 8.33.